The summed E-state index contributed by atoms with van der Waals surface area (Å²) in [7, 11) is 0. The molecule has 172 valence electrons. The number of amides is 1. The number of nitriles is 1. The van der Waals surface area contributed by atoms with E-state index in [1.54, 1.807) is 54.6 Å². The Morgan fingerprint density at radius 1 is 1.03 bits per heavy atom. The Kier molecular flexibility index (Phi) is 8.27. The minimum Gasteiger partial charge on any atom is -0.545 e. The first kappa shape index (κ1) is 24.4. The van der Waals surface area contributed by atoms with Gasteiger partial charge in [0.15, 0.2) is 11.5 Å². The van der Waals surface area contributed by atoms with E-state index in [0.717, 1.165) is 5.56 Å². The van der Waals surface area contributed by atoms with Gasteiger partial charge in [0.1, 0.15) is 18.2 Å². The fourth-order valence-corrected chi connectivity index (χ4v) is 3.07. The second-order valence-corrected chi connectivity index (χ2v) is 7.48. The Morgan fingerprint density at radius 3 is 2.35 bits per heavy atom. The van der Waals surface area contributed by atoms with Crippen LogP contribution in [0.15, 0.2) is 72.3 Å². The van der Waals surface area contributed by atoms with Crippen molar-refractivity contribution in [1.29, 1.82) is 5.26 Å². The van der Waals surface area contributed by atoms with Crippen molar-refractivity contribution in [3.63, 3.8) is 0 Å². The second-order valence-electron chi connectivity index (χ2n) is 7.04. The number of benzene rings is 3. The molecule has 0 unspecified atom stereocenters. The van der Waals surface area contributed by atoms with E-state index < -0.39 is 11.9 Å². The number of hydrogen-bond acceptors (Lipinski definition) is 6. The first-order chi connectivity index (χ1) is 16.4. The van der Waals surface area contributed by atoms with Crippen molar-refractivity contribution in [2.24, 2.45) is 0 Å². The number of rotatable bonds is 9. The lowest BCUT2D eigenvalue weighted by atomic mass is 10.1. The number of hydrogen-bond donors (Lipinski definition) is 1. The number of nitrogens with one attached hydrogen (secondary N) is 1. The lowest BCUT2D eigenvalue weighted by molar-refractivity contribution is -0.255. The molecule has 0 spiro atoms. The Labute approximate surface area is 201 Å². The number of anilines is 1. The predicted octanol–water partition coefficient (Wildman–Crippen LogP) is 4.23. The van der Waals surface area contributed by atoms with Gasteiger partial charge in [0, 0.05) is 10.7 Å². The highest BCUT2D eigenvalue weighted by Crippen LogP contribution is 2.30. The fraction of sp³-hybridized carbons (Fsp3) is 0.115. The van der Waals surface area contributed by atoms with Crippen LogP contribution in [0.5, 0.6) is 11.5 Å². The lowest BCUT2D eigenvalue weighted by Crippen LogP contribution is -2.22. The topological polar surface area (TPSA) is 111 Å². The second kappa shape index (κ2) is 11.5. The molecule has 0 aliphatic rings. The first-order valence-corrected chi connectivity index (χ1v) is 10.7. The summed E-state index contributed by atoms with van der Waals surface area (Å²) in [6.45, 7) is 2.40. The van der Waals surface area contributed by atoms with E-state index in [0.29, 0.717) is 34.4 Å². The molecule has 0 heterocycles. The monoisotopic (exact) mass is 475 g/mol. The van der Waals surface area contributed by atoms with Crippen molar-refractivity contribution in [2.45, 2.75) is 13.5 Å². The zero-order valence-corrected chi connectivity index (χ0v) is 19.0. The van der Waals surface area contributed by atoms with E-state index in [4.69, 9.17) is 21.1 Å². The number of ether oxygens (including phenoxy) is 2. The van der Waals surface area contributed by atoms with Gasteiger partial charge in [0.05, 0.1) is 12.6 Å². The summed E-state index contributed by atoms with van der Waals surface area (Å²) in [5.74, 6) is -0.887. The first-order valence-electron chi connectivity index (χ1n) is 10.3. The summed E-state index contributed by atoms with van der Waals surface area (Å²) in [6.07, 6.45) is 1.45. The van der Waals surface area contributed by atoms with Gasteiger partial charge >= 0.3 is 0 Å². The predicted molar refractivity (Wildman–Crippen MR) is 126 cm³/mol. The third kappa shape index (κ3) is 6.61. The maximum Gasteiger partial charge on any atom is 0.266 e. The third-order valence-electron chi connectivity index (χ3n) is 4.63. The van der Waals surface area contributed by atoms with Crippen LogP contribution in [0.4, 0.5) is 5.69 Å². The van der Waals surface area contributed by atoms with Gasteiger partial charge in [0.25, 0.3) is 5.91 Å². The molecule has 0 fully saturated rings. The van der Waals surface area contributed by atoms with Gasteiger partial charge < -0.3 is 24.7 Å². The van der Waals surface area contributed by atoms with Crippen LogP contribution in [0.2, 0.25) is 5.02 Å². The standard InChI is InChI=1S/C26H21ClN2O5/c1-2-33-24-14-18(13-20(15-28)25(30)29-22-10-8-21(27)9-11-22)5-12-23(24)34-16-17-3-6-19(7-4-17)26(31)32/h3-14H,2,16H2,1H3,(H,29,30)(H,31,32)/p-1/b20-13-. The molecule has 1 amide bonds. The molecule has 0 radical (unpaired) electrons. The molecular weight excluding hydrogens is 456 g/mol. The minimum atomic E-state index is -1.24. The van der Waals surface area contributed by atoms with E-state index >= 15 is 0 Å². The van der Waals surface area contributed by atoms with E-state index in [-0.39, 0.29) is 17.7 Å². The molecule has 3 aromatic rings. The number of nitrogens with zero attached hydrogens (tertiary/aromatic N) is 1. The maximum absolute atomic E-state index is 12.5. The smallest absolute Gasteiger partial charge is 0.266 e. The van der Waals surface area contributed by atoms with Gasteiger partial charge in [0.2, 0.25) is 0 Å². The molecule has 0 aromatic heterocycles. The zero-order valence-electron chi connectivity index (χ0n) is 18.2. The van der Waals surface area contributed by atoms with Crippen LogP contribution in [0, 0.1) is 11.3 Å². The molecule has 0 aliphatic heterocycles. The van der Waals surface area contributed by atoms with E-state index in [9.17, 15) is 20.0 Å². The molecule has 3 rings (SSSR count). The SMILES string of the molecule is CCOc1cc(/C=C(/C#N)C(=O)Nc2ccc(Cl)cc2)ccc1OCc1ccc(C(=O)[O-])cc1. The summed E-state index contributed by atoms with van der Waals surface area (Å²) in [4.78, 5) is 23.4. The van der Waals surface area contributed by atoms with Crippen LogP contribution in [-0.2, 0) is 11.4 Å². The largest absolute Gasteiger partial charge is 0.545 e. The molecule has 1 N–H and O–H groups in total. The summed E-state index contributed by atoms with van der Waals surface area (Å²) in [5.41, 5.74) is 1.86. The van der Waals surface area contributed by atoms with Gasteiger partial charge in [-0.1, -0.05) is 41.9 Å². The van der Waals surface area contributed by atoms with Gasteiger partial charge in [-0.05, 0) is 66.1 Å². The summed E-state index contributed by atoms with van der Waals surface area (Å²) in [6, 6.07) is 19.7. The number of aromatic carboxylic acids is 1. The fourth-order valence-electron chi connectivity index (χ4n) is 2.95. The van der Waals surface area contributed by atoms with E-state index in [2.05, 4.69) is 5.32 Å². The van der Waals surface area contributed by atoms with Crippen LogP contribution in [-0.4, -0.2) is 18.5 Å². The molecule has 0 saturated carbocycles. The van der Waals surface area contributed by atoms with Crippen molar-refractivity contribution in [3.05, 3.63) is 94.0 Å². The molecule has 0 atom stereocenters. The quantitative estimate of drug-likeness (QED) is 0.366. The number of carbonyl (C=O) groups excluding carboxylic acids is 2. The lowest BCUT2D eigenvalue weighted by Gasteiger charge is -2.13. The number of carboxylic acid groups (broad SMARTS) is 1. The molecule has 3 aromatic carbocycles. The van der Waals surface area contributed by atoms with Crippen molar-refractivity contribution in [3.8, 4) is 17.6 Å². The highest BCUT2D eigenvalue weighted by molar-refractivity contribution is 6.30. The highest BCUT2D eigenvalue weighted by atomic mass is 35.5. The number of halogens is 1. The average Bonchev–Trinajstić information content (AvgIpc) is 2.83. The molecular formula is C26H20ClN2O5-. The van der Waals surface area contributed by atoms with Gasteiger partial charge in [-0.3, -0.25) is 4.79 Å². The summed E-state index contributed by atoms with van der Waals surface area (Å²) in [5, 5.41) is 23.5. The molecule has 0 saturated heterocycles. The van der Waals surface area contributed by atoms with E-state index in [1.807, 2.05) is 13.0 Å². The highest BCUT2D eigenvalue weighted by Gasteiger charge is 2.12. The molecule has 7 nitrogen and oxygen atoms in total. The summed E-state index contributed by atoms with van der Waals surface area (Å²) < 4.78 is 11.5. The summed E-state index contributed by atoms with van der Waals surface area (Å²) >= 11 is 5.85. The van der Waals surface area contributed by atoms with Crippen LogP contribution < -0.4 is 19.9 Å². The Hall–Kier alpha value is -4.28. The Morgan fingerprint density at radius 2 is 1.74 bits per heavy atom. The van der Waals surface area contributed by atoms with Crippen LogP contribution in [0.25, 0.3) is 6.08 Å². The number of carbonyl (C=O) groups is 2. The normalized spacial score (nSPS) is 10.8. The van der Waals surface area contributed by atoms with Gasteiger partial charge in [-0.25, -0.2) is 0 Å². The van der Waals surface area contributed by atoms with Crippen molar-refractivity contribution < 1.29 is 24.2 Å². The van der Waals surface area contributed by atoms with Crippen molar-refractivity contribution in [1.82, 2.24) is 0 Å². The van der Waals surface area contributed by atoms with Crippen molar-refractivity contribution >= 4 is 35.2 Å². The maximum atomic E-state index is 12.5. The van der Waals surface area contributed by atoms with Crippen LogP contribution in [0.3, 0.4) is 0 Å². The molecule has 0 bridgehead atoms. The molecule has 8 heteroatoms. The van der Waals surface area contributed by atoms with Gasteiger partial charge in [-0.2, -0.15) is 5.26 Å². The zero-order chi connectivity index (χ0) is 24.5. The minimum absolute atomic E-state index is 0.0842. The van der Waals surface area contributed by atoms with Crippen molar-refractivity contribution in [2.75, 3.05) is 11.9 Å². The van der Waals surface area contributed by atoms with Gasteiger partial charge in [-0.15, -0.1) is 0 Å². The average molecular weight is 476 g/mol. The van der Waals surface area contributed by atoms with Crippen LogP contribution >= 0.6 is 11.6 Å². The Bertz CT molecular complexity index is 1250. The Balaban J connectivity index is 1.75. The number of carboxylic acids is 1. The van der Waals surface area contributed by atoms with Crippen LogP contribution in [0.1, 0.15) is 28.4 Å². The molecule has 34 heavy (non-hydrogen) atoms. The molecule has 0 aliphatic carbocycles. The van der Waals surface area contributed by atoms with E-state index in [1.165, 1.54) is 18.2 Å². The third-order valence-corrected chi connectivity index (χ3v) is 4.88.